The molecule has 0 radical (unpaired) electrons. The normalized spacial score (nSPS) is 24.0. The maximum absolute atomic E-state index is 12.5. The summed E-state index contributed by atoms with van der Waals surface area (Å²) in [5.74, 6) is -0.277. The van der Waals surface area contributed by atoms with Gasteiger partial charge >= 0.3 is 5.97 Å². The van der Waals surface area contributed by atoms with Gasteiger partial charge in [0.1, 0.15) is 6.04 Å². The van der Waals surface area contributed by atoms with E-state index in [-0.39, 0.29) is 5.97 Å². The van der Waals surface area contributed by atoms with Gasteiger partial charge in [0.15, 0.2) is 0 Å². The van der Waals surface area contributed by atoms with Crippen LogP contribution in [0.1, 0.15) is 37.3 Å². The van der Waals surface area contributed by atoms with E-state index in [1.165, 1.54) is 39.5 Å². The number of esters is 1. The lowest BCUT2D eigenvalue weighted by Gasteiger charge is -2.40. The summed E-state index contributed by atoms with van der Waals surface area (Å²) in [6.45, 7) is 4.06. The van der Waals surface area contributed by atoms with Crippen LogP contribution in [0, 0.1) is 0 Å². The number of carbonyl (C=O) groups is 1. The van der Waals surface area contributed by atoms with Crippen molar-refractivity contribution in [2.75, 3.05) is 33.3 Å². The Morgan fingerprint density at radius 1 is 1.21 bits per heavy atom. The van der Waals surface area contributed by atoms with E-state index >= 15 is 0 Å². The first kappa shape index (κ1) is 18.0. The maximum atomic E-state index is 12.5. The number of piperidine rings is 1. The molecule has 0 saturated carbocycles. The lowest BCUT2D eigenvalue weighted by Crippen LogP contribution is -2.49. The minimum atomic E-state index is -0.494. The van der Waals surface area contributed by atoms with E-state index in [0.29, 0.717) is 16.1 Å². The Morgan fingerprint density at radius 3 is 2.67 bits per heavy atom. The van der Waals surface area contributed by atoms with Gasteiger partial charge in [0.25, 0.3) is 0 Å². The van der Waals surface area contributed by atoms with Crippen LogP contribution in [-0.2, 0) is 9.53 Å². The van der Waals surface area contributed by atoms with Crippen LogP contribution in [0.5, 0.6) is 0 Å². The third-order valence-electron chi connectivity index (χ3n) is 5.15. The van der Waals surface area contributed by atoms with E-state index in [1.807, 2.05) is 12.1 Å². The zero-order chi connectivity index (χ0) is 17.1. The van der Waals surface area contributed by atoms with Gasteiger partial charge in [-0.3, -0.25) is 9.80 Å². The zero-order valence-corrected chi connectivity index (χ0v) is 15.5. The van der Waals surface area contributed by atoms with Crippen molar-refractivity contribution in [3.8, 4) is 0 Å². The van der Waals surface area contributed by atoms with Gasteiger partial charge in [-0.2, -0.15) is 0 Å². The minimum absolute atomic E-state index is 0.277. The van der Waals surface area contributed by atoms with Crippen molar-refractivity contribution in [3.05, 3.63) is 33.8 Å². The smallest absolute Gasteiger partial charge is 0.327 e. The van der Waals surface area contributed by atoms with E-state index in [2.05, 4.69) is 9.80 Å². The van der Waals surface area contributed by atoms with Crippen LogP contribution in [0.25, 0.3) is 0 Å². The van der Waals surface area contributed by atoms with E-state index < -0.39 is 6.04 Å². The van der Waals surface area contributed by atoms with E-state index in [9.17, 15) is 4.79 Å². The van der Waals surface area contributed by atoms with Crippen molar-refractivity contribution in [1.82, 2.24) is 9.80 Å². The number of ether oxygens (including phenoxy) is 1. The Hall–Kier alpha value is -0.810. The number of nitrogens with zero attached hydrogens (tertiary/aromatic N) is 2. The number of benzene rings is 1. The first-order valence-electron chi connectivity index (χ1n) is 8.61. The Labute approximate surface area is 153 Å². The highest BCUT2D eigenvalue weighted by molar-refractivity contribution is 6.42. The molecular weight excluding hydrogens is 347 g/mol. The SMILES string of the molecule is COC(=O)C(c1cccc(Cl)c1Cl)N1CCCC(N2CCCC2)C1. The molecule has 24 heavy (non-hydrogen) atoms. The minimum Gasteiger partial charge on any atom is -0.468 e. The van der Waals surface area contributed by atoms with E-state index in [0.717, 1.165) is 25.1 Å². The molecule has 0 N–H and O–H groups in total. The van der Waals surface area contributed by atoms with Crippen molar-refractivity contribution >= 4 is 29.2 Å². The molecule has 0 amide bonds. The molecule has 2 atom stereocenters. The summed E-state index contributed by atoms with van der Waals surface area (Å²) < 4.78 is 5.08. The number of hydrogen-bond donors (Lipinski definition) is 0. The topological polar surface area (TPSA) is 32.8 Å². The molecule has 1 aromatic rings. The van der Waals surface area contributed by atoms with Gasteiger partial charge in [-0.15, -0.1) is 0 Å². The predicted molar refractivity (Wildman–Crippen MR) is 96.6 cm³/mol. The highest BCUT2D eigenvalue weighted by atomic mass is 35.5. The molecule has 0 bridgehead atoms. The van der Waals surface area contributed by atoms with Crippen molar-refractivity contribution in [2.24, 2.45) is 0 Å². The monoisotopic (exact) mass is 370 g/mol. The Morgan fingerprint density at radius 2 is 1.96 bits per heavy atom. The first-order valence-corrected chi connectivity index (χ1v) is 9.37. The average Bonchev–Trinajstić information content (AvgIpc) is 3.13. The molecule has 2 aliphatic rings. The van der Waals surface area contributed by atoms with Gasteiger partial charge in [0.05, 0.1) is 17.2 Å². The summed E-state index contributed by atoms with van der Waals surface area (Å²) in [7, 11) is 1.43. The van der Waals surface area contributed by atoms with Gasteiger partial charge in [-0.05, 0) is 51.4 Å². The number of hydrogen-bond acceptors (Lipinski definition) is 4. The zero-order valence-electron chi connectivity index (χ0n) is 14.0. The second-order valence-electron chi connectivity index (χ2n) is 6.60. The number of rotatable bonds is 4. The van der Waals surface area contributed by atoms with Crippen LogP contribution in [0.4, 0.5) is 0 Å². The molecule has 2 unspecified atom stereocenters. The summed E-state index contributed by atoms with van der Waals surface area (Å²) >= 11 is 12.6. The van der Waals surface area contributed by atoms with Crippen LogP contribution < -0.4 is 0 Å². The molecule has 2 fully saturated rings. The highest BCUT2D eigenvalue weighted by Crippen LogP contribution is 2.35. The fourth-order valence-electron chi connectivity index (χ4n) is 3.94. The molecule has 1 aromatic carbocycles. The molecule has 3 rings (SSSR count). The maximum Gasteiger partial charge on any atom is 0.327 e. The molecule has 4 nitrogen and oxygen atoms in total. The van der Waals surface area contributed by atoms with Crippen LogP contribution in [-0.4, -0.2) is 55.1 Å². The summed E-state index contributed by atoms with van der Waals surface area (Å²) in [6, 6.07) is 5.46. The Balaban J connectivity index is 1.85. The lowest BCUT2D eigenvalue weighted by molar-refractivity contribution is -0.148. The van der Waals surface area contributed by atoms with Gasteiger partial charge in [-0.1, -0.05) is 35.3 Å². The van der Waals surface area contributed by atoms with Gasteiger partial charge in [-0.25, -0.2) is 4.79 Å². The Bertz CT molecular complexity index is 590. The molecule has 0 aliphatic carbocycles. The van der Waals surface area contributed by atoms with Crippen molar-refractivity contribution in [1.29, 1.82) is 0 Å². The summed E-state index contributed by atoms with van der Waals surface area (Å²) in [5, 5.41) is 0.911. The van der Waals surface area contributed by atoms with E-state index in [1.54, 1.807) is 6.07 Å². The summed E-state index contributed by atoms with van der Waals surface area (Å²) in [4.78, 5) is 17.3. The fraction of sp³-hybridized carbons (Fsp3) is 0.611. The van der Waals surface area contributed by atoms with Gasteiger partial charge in [0, 0.05) is 18.2 Å². The van der Waals surface area contributed by atoms with Crippen molar-refractivity contribution in [3.63, 3.8) is 0 Å². The molecule has 132 valence electrons. The van der Waals surface area contributed by atoms with E-state index in [4.69, 9.17) is 27.9 Å². The van der Waals surface area contributed by atoms with Crippen LogP contribution in [0.2, 0.25) is 10.0 Å². The third kappa shape index (κ3) is 3.72. The second-order valence-corrected chi connectivity index (χ2v) is 7.39. The van der Waals surface area contributed by atoms with Crippen molar-refractivity contribution < 1.29 is 9.53 Å². The quantitative estimate of drug-likeness (QED) is 0.755. The third-order valence-corrected chi connectivity index (χ3v) is 5.98. The number of methoxy groups -OCH3 is 1. The first-order chi connectivity index (χ1) is 11.6. The molecule has 0 aromatic heterocycles. The Kier molecular flexibility index (Phi) is 6.03. The molecule has 2 aliphatic heterocycles. The number of likely N-dealkylation sites (tertiary alicyclic amines) is 2. The van der Waals surface area contributed by atoms with Crippen LogP contribution in [0.15, 0.2) is 18.2 Å². The second kappa shape index (κ2) is 8.05. The van der Waals surface area contributed by atoms with Gasteiger partial charge in [0.2, 0.25) is 0 Å². The molecule has 2 saturated heterocycles. The summed E-state index contributed by atoms with van der Waals surface area (Å²) in [5.41, 5.74) is 0.734. The fourth-order valence-corrected chi connectivity index (χ4v) is 4.35. The number of carbonyl (C=O) groups excluding carboxylic acids is 1. The van der Waals surface area contributed by atoms with Gasteiger partial charge < -0.3 is 4.74 Å². The average molecular weight is 371 g/mol. The largest absolute Gasteiger partial charge is 0.468 e. The standard InChI is InChI=1S/C18H24Cl2N2O2/c1-24-18(23)17(14-7-4-8-15(19)16(14)20)22-11-5-6-13(12-22)21-9-2-3-10-21/h4,7-8,13,17H,2-3,5-6,9-12H2,1H3. The lowest BCUT2D eigenvalue weighted by atomic mass is 9.98. The molecular formula is C18H24Cl2N2O2. The molecule has 0 spiro atoms. The molecule has 6 heteroatoms. The highest BCUT2D eigenvalue weighted by Gasteiger charge is 2.36. The van der Waals surface area contributed by atoms with Crippen LogP contribution in [0.3, 0.4) is 0 Å². The molecule has 2 heterocycles. The van der Waals surface area contributed by atoms with Crippen LogP contribution >= 0.6 is 23.2 Å². The predicted octanol–water partition coefficient (Wildman–Crippen LogP) is 3.77. The van der Waals surface area contributed by atoms with Crippen molar-refractivity contribution in [2.45, 2.75) is 37.8 Å². The number of halogens is 2. The summed E-state index contributed by atoms with van der Waals surface area (Å²) in [6.07, 6.45) is 4.81.